The number of benzene rings is 1. The van der Waals surface area contributed by atoms with Crippen molar-refractivity contribution >= 4 is 5.95 Å². The first kappa shape index (κ1) is 16.0. The van der Waals surface area contributed by atoms with E-state index in [1.54, 1.807) is 12.4 Å². The minimum absolute atomic E-state index is 0.511. The molecule has 0 atom stereocenters. The average molecular weight is 333 g/mol. The Morgan fingerprint density at radius 2 is 1.92 bits per heavy atom. The van der Waals surface area contributed by atoms with Gasteiger partial charge in [0.25, 0.3) is 0 Å². The first-order valence-electron chi connectivity index (χ1n) is 9.00. The van der Waals surface area contributed by atoms with Crippen molar-refractivity contribution in [3.63, 3.8) is 0 Å². The summed E-state index contributed by atoms with van der Waals surface area (Å²) in [5, 5.41) is 12.5. The molecule has 1 aromatic heterocycles. The summed E-state index contributed by atoms with van der Waals surface area (Å²) in [7, 11) is 0. The van der Waals surface area contributed by atoms with Gasteiger partial charge in [-0.05, 0) is 68.0 Å². The van der Waals surface area contributed by atoms with E-state index in [0.717, 1.165) is 31.1 Å². The van der Waals surface area contributed by atoms with Crippen molar-refractivity contribution in [2.75, 3.05) is 18.4 Å². The summed E-state index contributed by atoms with van der Waals surface area (Å²) in [6, 6.07) is 12.6. The van der Waals surface area contributed by atoms with Crippen LogP contribution in [-0.4, -0.2) is 34.0 Å². The molecule has 128 valence electrons. The van der Waals surface area contributed by atoms with Gasteiger partial charge in [-0.15, -0.1) is 0 Å². The van der Waals surface area contributed by atoms with E-state index in [0.29, 0.717) is 11.5 Å². The lowest BCUT2D eigenvalue weighted by Gasteiger charge is -2.52. The molecule has 0 amide bonds. The lowest BCUT2D eigenvalue weighted by molar-refractivity contribution is 0.0209. The Morgan fingerprint density at radius 3 is 2.64 bits per heavy atom. The molecule has 1 spiro atoms. The highest BCUT2D eigenvalue weighted by atomic mass is 15.1. The van der Waals surface area contributed by atoms with Crippen LogP contribution in [0.15, 0.2) is 42.7 Å². The number of anilines is 1. The van der Waals surface area contributed by atoms with Crippen LogP contribution in [-0.2, 0) is 6.54 Å². The van der Waals surface area contributed by atoms with Crippen LogP contribution in [0, 0.1) is 16.7 Å². The maximum atomic E-state index is 9.03. The fourth-order valence-electron chi connectivity index (χ4n) is 4.24. The second-order valence-corrected chi connectivity index (χ2v) is 7.41. The number of hydrogen-bond acceptors (Lipinski definition) is 5. The minimum atomic E-state index is 0.511. The highest BCUT2D eigenvalue weighted by molar-refractivity contribution is 5.32. The quantitative estimate of drug-likeness (QED) is 0.931. The monoisotopic (exact) mass is 333 g/mol. The number of aromatic nitrogens is 2. The maximum Gasteiger partial charge on any atom is 0.222 e. The Hall–Kier alpha value is -2.45. The van der Waals surface area contributed by atoms with Crippen molar-refractivity contribution in [1.29, 1.82) is 5.26 Å². The third kappa shape index (κ3) is 3.64. The van der Waals surface area contributed by atoms with Crippen LogP contribution in [0.2, 0.25) is 0 Å². The summed E-state index contributed by atoms with van der Waals surface area (Å²) in [5.41, 5.74) is 2.50. The molecule has 1 N–H and O–H groups in total. The van der Waals surface area contributed by atoms with E-state index in [1.807, 2.05) is 24.3 Å². The number of hydrogen-bond donors (Lipinski definition) is 1. The molecule has 1 aliphatic carbocycles. The highest BCUT2D eigenvalue weighted by Gasteiger charge is 2.45. The molecule has 4 rings (SSSR count). The Balaban J connectivity index is 1.26. The van der Waals surface area contributed by atoms with Crippen molar-refractivity contribution < 1.29 is 0 Å². The SMILES string of the molecule is N#Cc1cccc(CN2CCC3(CC2)CC(Nc2ncccn2)C3)c1. The topological polar surface area (TPSA) is 64.8 Å². The maximum absolute atomic E-state index is 9.03. The van der Waals surface area contributed by atoms with Gasteiger partial charge in [0.15, 0.2) is 0 Å². The van der Waals surface area contributed by atoms with Gasteiger partial charge in [-0.25, -0.2) is 9.97 Å². The van der Waals surface area contributed by atoms with Gasteiger partial charge in [0.1, 0.15) is 0 Å². The highest BCUT2D eigenvalue weighted by Crippen LogP contribution is 2.49. The number of nitriles is 1. The van der Waals surface area contributed by atoms with Crippen molar-refractivity contribution in [2.45, 2.75) is 38.3 Å². The lowest BCUT2D eigenvalue weighted by atomic mass is 9.60. The summed E-state index contributed by atoms with van der Waals surface area (Å²) in [4.78, 5) is 11.0. The summed E-state index contributed by atoms with van der Waals surface area (Å²) < 4.78 is 0. The van der Waals surface area contributed by atoms with Crippen LogP contribution >= 0.6 is 0 Å². The molecule has 25 heavy (non-hydrogen) atoms. The largest absolute Gasteiger partial charge is 0.351 e. The Kier molecular flexibility index (Phi) is 4.37. The molecule has 5 heteroatoms. The average Bonchev–Trinajstić information content (AvgIpc) is 2.63. The van der Waals surface area contributed by atoms with E-state index < -0.39 is 0 Å². The molecule has 5 nitrogen and oxygen atoms in total. The van der Waals surface area contributed by atoms with E-state index in [-0.39, 0.29) is 0 Å². The van der Waals surface area contributed by atoms with Crippen molar-refractivity contribution in [3.05, 3.63) is 53.9 Å². The Morgan fingerprint density at radius 1 is 1.16 bits per heavy atom. The second kappa shape index (κ2) is 6.81. The van der Waals surface area contributed by atoms with Gasteiger partial charge in [-0.2, -0.15) is 5.26 Å². The van der Waals surface area contributed by atoms with Gasteiger partial charge in [0, 0.05) is 25.0 Å². The van der Waals surface area contributed by atoms with Gasteiger partial charge < -0.3 is 5.32 Å². The zero-order chi connectivity index (χ0) is 17.1. The summed E-state index contributed by atoms with van der Waals surface area (Å²) >= 11 is 0. The number of piperidine rings is 1. The molecular formula is C20H23N5. The zero-order valence-electron chi connectivity index (χ0n) is 14.4. The van der Waals surface area contributed by atoms with E-state index >= 15 is 0 Å². The first-order valence-corrected chi connectivity index (χ1v) is 9.00. The van der Waals surface area contributed by atoms with Crippen LogP contribution in [0.4, 0.5) is 5.95 Å². The summed E-state index contributed by atoms with van der Waals surface area (Å²) in [6.07, 6.45) is 8.54. The molecule has 2 heterocycles. The molecule has 0 unspecified atom stereocenters. The number of nitrogens with one attached hydrogen (secondary N) is 1. The molecule has 2 fully saturated rings. The molecule has 0 radical (unpaired) electrons. The van der Waals surface area contributed by atoms with Crippen LogP contribution < -0.4 is 5.32 Å². The van der Waals surface area contributed by atoms with E-state index in [4.69, 9.17) is 5.26 Å². The van der Waals surface area contributed by atoms with Crippen molar-refractivity contribution in [2.24, 2.45) is 5.41 Å². The molecule has 1 saturated carbocycles. The standard InChI is InChI=1S/C20H23N5/c21-14-16-3-1-4-17(11-16)15-25-9-5-20(6-10-25)12-18(13-20)24-19-22-7-2-8-23-19/h1-4,7-8,11,18H,5-6,9-10,12-13,15H2,(H,22,23,24). The van der Waals surface area contributed by atoms with Gasteiger partial charge in [0.05, 0.1) is 11.6 Å². The second-order valence-electron chi connectivity index (χ2n) is 7.41. The van der Waals surface area contributed by atoms with Gasteiger partial charge >= 0.3 is 0 Å². The molecule has 1 aliphatic heterocycles. The molecule has 1 saturated heterocycles. The fraction of sp³-hybridized carbons (Fsp3) is 0.450. The summed E-state index contributed by atoms with van der Waals surface area (Å²) in [6.45, 7) is 3.24. The first-order chi connectivity index (χ1) is 12.2. The van der Waals surface area contributed by atoms with E-state index in [9.17, 15) is 0 Å². The molecule has 2 aromatic rings. The fourth-order valence-corrected chi connectivity index (χ4v) is 4.24. The number of nitrogens with zero attached hydrogens (tertiary/aromatic N) is 4. The molecular weight excluding hydrogens is 310 g/mol. The lowest BCUT2D eigenvalue weighted by Crippen LogP contribution is -2.51. The molecule has 0 bridgehead atoms. The Labute approximate surface area is 148 Å². The normalized spacial score (nSPS) is 20.0. The smallest absolute Gasteiger partial charge is 0.222 e. The van der Waals surface area contributed by atoms with Crippen molar-refractivity contribution in [1.82, 2.24) is 14.9 Å². The third-order valence-electron chi connectivity index (χ3n) is 5.64. The van der Waals surface area contributed by atoms with Crippen LogP contribution in [0.1, 0.15) is 36.8 Å². The van der Waals surface area contributed by atoms with Gasteiger partial charge in [-0.3, -0.25) is 4.90 Å². The minimum Gasteiger partial charge on any atom is -0.351 e. The molecule has 2 aliphatic rings. The van der Waals surface area contributed by atoms with Crippen LogP contribution in [0.5, 0.6) is 0 Å². The number of rotatable bonds is 4. The predicted molar refractivity (Wildman–Crippen MR) is 96.8 cm³/mol. The van der Waals surface area contributed by atoms with Gasteiger partial charge in [0.2, 0.25) is 5.95 Å². The zero-order valence-corrected chi connectivity index (χ0v) is 14.4. The van der Waals surface area contributed by atoms with E-state index in [2.05, 4.69) is 32.3 Å². The Bertz CT molecular complexity index is 751. The number of likely N-dealkylation sites (tertiary alicyclic amines) is 1. The van der Waals surface area contributed by atoms with Crippen LogP contribution in [0.3, 0.4) is 0 Å². The predicted octanol–water partition coefficient (Wildman–Crippen LogP) is 3.20. The molecule has 1 aromatic carbocycles. The van der Waals surface area contributed by atoms with Crippen molar-refractivity contribution in [3.8, 4) is 6.07 Å². The third-order valence-corrected chi connectivity index (χ3v) is 5.64. The summed E-state index contributed by atoms with van der Waals surface area (Å²) in [5.74, 6) is 0.747. The van der Waals surface area contributed by atoms with Gasteiger partial charge in [-0.1, -0.05) is 12.1 Å². The van der Waals surface area contributed by atoms with Crippen LogP contribution in [0.25, 0.3) is 0 Å². The van der Waals surface area contributed by atoms with E-state index in [1.165, 1.54) is 31.2 Å².